The lowest BCUT2D eigenvalue weighted by atomic mass is 9.94. The van der Waals surface area contributed by atoms with Gasteiger partial charge in [-0.1, -0.05) is 30.9 Å². The lowest BCUT2D eigenvalue weighted by Crippen LogP contribution is -2.38. The van der Waals surface area contributed by atoms with Gasteiger partial charge in [0.15, 0.2) is 11.5 Å². The summed E-state index contributed by atoms with van der Waals surface area (Å²) in [4.78, 5) is 14.5. The van der Waals surface area contributed by atoms with Gasteiger partial charge < -0.3 is 14.4 Å². The highest BCUT2D eigenvalue weighted by Gasteiger charge is 2.24. The number of amides is 1. The van der Waals surface area contributed by atoms with Crippen LogP contribution in [0, 0.1) is 0 Å². The van der Waals surface area contributed by atoms with Crippen LogP contribution >= 0.6 is 11.6 Å². The van der Waals surface area contributed by atoms with Crippen LogP contribution in [0.2, 0.25) is 5.02 Å². The minimum atomic E-state index is -0.0184. The van der Waals surface area contributed by atoms with Crippen molar-refractivity contribution in [2.45, 2.75) is 45.1 Å². The van der Waals surface area contributed by atoms with E-state index in [1.165, 1.54) is 19.3 Å². The molecule has 1 fully saturated rings. The van der Waals surface area contributed by atoms with Crippen LogP contribution in [0.3, 0.4) is 0 Å². The average Bonchev–Trinajstić information content (AvgIpc) is 2.56. The predicted octanol–water partition coefficient (Wildman–Crippen LogP) is 4.15. The molecule has 0 spiro atoms. The van der Waals surface area contributed by atoms with Gasteiger partial charge in [0.25, 0.3) is 5.91 Å². The monoisotopic (exact) mass is 325 g/mol. The Hall–Kier alpha value is -1.42. The summed E-state index contributed by atoms with van der Waals surface area (Å²) in [5, 5.41) is 0.404. The fourth-order valence-corrected chi connectivity index (χ4v) is 3.23. The molecular weight excluding hydrogens is 302 g/mol. The maximum Gasteiger partial charge on any atom is 0.254 e. The Kier molecular flexibility index (Phi) is 5.95. The molecule has 1 aromatic carbocycles. The molecule has 1 aromatic rings. The van der Waals surface area contributed by atoms with E-state index in [4.69, 9.17) is 21.1 Å². The van der Waals surface area contributed by atoms with Gasteiger partial charge in [0.2, 0.25) is 0 Å². The zero-order valence-electron chi connectivity index (χ0n) is 13.5. The molecule has 2 rings (SSSR count). The van der Waals surface area contributed by atoms with Crippen molar-refractivity contribution in [3.8, 4) is 11.5 Å². The third-order valence-electron chi connectivity index (χ3n) is 4.21. The quantitative estimate of drug-likeness (QED) is 0.816. The third kappa shape index (κ3) is 3.67. The molecule has 0 bridgehead atoms. The van der Waals surface area contributed by atoms with Crippen LogP contribution in [0.15, 0.2) is 12.1 Å². The summed E-state index contributed by atoms with van der Waals surface area (Å²) >= 11 is 6.25. The van der Waals surface area contributed by atoms with Gasteiger partial charge in [-0.2, -0.15) is 0 Å². The molecular formula is C17H24ClNO3. The second-order valence-electron chi connectivity index (χ2n) is 5.63. The first-order valence-corrected chi connectivity index (χ1v) is 8.23. The number of rotatable bonds is 5. The van der Waals surface area contributed by atoms with Crippen molar-refractivity contribution in [2.24, 2.45) is 0 Å². The minimum absolute atomic E-state index is 0.0184. The van der Waals surface area contributed by atoms with E-state index in [1.807, 2.05) is 18.9 Å². The topological polar surface area (TPSA) is 38.8 Å². The Morgan fingerprint density at radius 1 is 1.32 bits per heavy atom. The van der Waals surface area contributed by atoms with Crippen LogP contribution in [0.4, 0.5) is 0 Å². The van der Waals surface area contributed by atoms with E-state index < -0.39 is 0 Å². The fraction of sp³-hybridized carbons (Fsp3) is 0.588. The number of hydrogen-bond donors (Lipinski definition) is 0. The van der Waals surface area contributed by atoms with Gasteiger partial charge in [-0.05, 0) is 31.9 Å². The summed E-state index contributed by atoms with van der Waals surface area (Å²) < 4.78 is 10.8. The molecule has 1 saturated carbocycles. The molecule has 122 valence electrons. The molecule has 1 amide bonds. The van der Waals surface area contributed by atoms with E-state index in [-0.39, 0.29) is 5.91 Å². The summed E-state index contributed by atoms with van der Waals surface area (Å²) in [5.74, 6) is 0.966. The Bertz CT molecular complexity index is 527. The number of hydrogen-bond acceptors (Lipinski definition) is 3. The highest BCUT2D eigenvalue weighted by atomic mass is 35.5. The second kappa shape index (κ2) is 7.73. The van der Waals surface area contributed by atoms with Gasteiger partial charge in [0.1, 0.15) is 0 Å². The van der Waals surface area contributed by atoms with Crippen molar-refractivity contribution in [1.29, 1.82) is 0 Å². The van der Waals surface area contributed by atoms with Gasteiger partial charge >= 0.3 is 0 Å². The number of methoxy groups -OCH3 is 1. The van der Waals surface area contributed by atoms with Crippen LogP contribution in [-0.2, 0) is 0 Å². The second-order valence-corrected chi connectivity index (χ2v) is 6.04. The summed E-state index contributed by atoms with van der Waals surface area (Å²) in [7, 11) is 3.42. The van der Waals surface area contributed by atoms with E-state index in [9.17, 15) is 4.79 Å². The average molecular weight is 326 g/mol. The van der Waals surface area contributed by atoms with Crippen LogP contribution in [0.5, 0.6) is 11.5 Å². The maximum atomic E-state index is 12.7. The van der Waals surface area contributed by atoms with E-state index in [2.05, 4.69) is 0 Å². The maximum absolute atomic E-state index is 12.7. The van der Waals surface area contributed by atoms with Gasteiger partial charge in [-0.25, -0.2) is 0 Å². The molecule has 22 heavy (non-hydrogen) atoms. The molecule has 0 saturated heterocycles. The normalized spacial score (nSPS) is 15.5. The first kappa shape index (κ1) is 16.9. The molecule has 1 aliphatic carbocycles. The van der Waals surface area contributed by atoms with E-state index in [0.29, 0.717) is 34.7 Å². The van der Waals surface area contributed by atoms with Crippen molar-refractivity contribution in [3.05, 3.63) is 22.7 Å². The van der Waals surface area contributed by atoms with Crippen molar-refractivity contribution in [2.75, 3.05) is 20.8 Å². The molecule has 0 heterocycles. The molecule has 1 aliphatic rings. The van der Waals surface area contributed by atoms with Gasteiger partial charge in [0.05, 0.1) is 18.7 Å². The SMILES string of the molecule is CCOc1c(Cl)cc(C(=O)N(C)C2CCCCC2)cc1OC. The Labute approximate surface area is 137 Å². The standard InChI is InChI=1S/C17H24ClNO3/c1-4-22-16-14(18)10-12(11-15(16)21-3)17(20)19(2)13-8-6-5-7-9-13/h10-11,13H,4-9H2,1-3H3. The lowest BCUT2D eigenvalue weighted by molar-refractivity contribution is 0.0696. The first-order chi connectivity index (χ1) is 10.6. The van der Waals surface area contributed by atoms with Crippen LogP contribution in [0.1, 0.15) is 49.4 Å². The highest BCUT2D eigenvalue weighted by Crippen LogP contribution is 2.37. The highest BCUT2D eigenvalue weighted by molar-refractivity contribution is 6.32. The van der Waals surface area contributed by atoms with Crippen molar-refractivity contribution < 1.29 is 14.3 Å². The summed E-state index contributed by atoms with van der Waals surface area (Å²) in [6.07, 6.45) is 5.79. The van der Waals surface area contributed by atoms with Gasteiger partial charge in [0, 0.05) is 18.7 Å². The molecule has 0 atom stereocenters. The van der Waals surface area contributed by atoms with Crippen LogP contribution < -0.4 is 9.47 Å². The number of carbonyl (C=O) groups is 1. The molecule has 0 N–H and O–H groups in total. The number of benzene rings is 1. The van der Waals surface area contributed by atoms with E-state index in [0.717, 1.165) is 12.8 Å². The molecule has 0 unspecified atom stereocenters. The zero-order valence-corrected chi connectivity index (χ0v) is 14.3. The van der Waals surface area contributed by atoms with E-state index >= 15 is 0 Å². The fourth-order valence-electron chi connectivity index (χ4n) is 2.97. The number of carbonyl (C=O) groups excluding carboxylic acids is 1. The summed E-state index contributed by atoms with van der Waals surface area (Å²) in [6, 6.07) is 3.69. The Balaban J connectivity index is 2.23. The smallest absolute Gasteiger partial charge is 0.254 e. The Morgan fingerprint density at radius 2 is 2.00 bits per heavy atom. The van der Waals surface area contributed by atoms with Crippen LogP contribution in [-0.4, -0.2) is 37.6 Å². The van der Waals surface area contributed by atoms with Crippen molar-refractivity contribution in [1.82, 2.24) is 4.90 Å². The largest absolute Gasteiger partial charge is 0.493 e. The van der Waals surface area contributed by atoms with Gasteiger partial charge in [-0.15, -0.1) is 0 Å². The predicted molar refractivity (Wildman–Crippen MR) is 88.1 cm³/mol. The number of ether oxygens (including phenoxy) is 2. The third-order valence-corrected chi connectivity index (χ3v) is 4.49. The first-order valence-electron chi connectivity index (χ1n) is 7.86. The van der Waals surface area contributed by atoms with Crippen LogP contribution in [0.25, 0.3) is 0 Å². The molecule has 4 nitrogen and oxygen atoms in total. The number of nitrogens with zero attached hydrogens (tertiary/aromatic N) is 1. The molecule has 0 aliphatic heterocycles. The van der Waals surface area contributed by atoms with Crippen molar-refractivity contribution in [3.63, 3.8) is 0 Å². The molecule has 0 aromatic heterocycles. The Morgan fingerprint density at radius 3 is 2.59 bits per heavy atom. The molecule has 0 radical (unpaired) electrons. The van der Waals surface area contributed by atoms with Gasteiger partial charge in [-0.3, -0.25) is 4.79 Å². The van der Waals surface area contributed by atoms with Crippen molar-refractivity contribution >= 4 is 17.5 Å². The summed E-state index contributed by atoms with van der Waals surface area (Å²) in [6.45, 7) is 2.37. The summed E-state index contributed by atoms with van der Waals surface area (Å²) in [5.41, 5.74) is 0.540. The van der Waals surface area contributed by atoms with E-state index in [1.54, 1.807) is 19.2 Å². The molecule has 5 heteroatoms. The minimum Gasteiger partial charge on any atom is -0.493 e. The number of halogens is 1. The zero-order chi connectivity index (χ0) is 16.1. The lowest BCUT2D eigenvalue weighted by Gasteiger charge is -2.31.